The van der Waals surface area contributed by atoms with E-state index >= 15 is 0 Å². The summed E-state index contributed by atoms with van der Waals surface area (Å²) >= 11 is 0. The highest BCUT2D eigenvalue weighted by atomic mass is 32.2. The van der Waals surface area contributed by atoms with Crippen LogP contribution >= 0.6 is 0 Å². The molecule has 254 valence electrons. The van der Waals surface area contributed by atoms with Gasteiger partial charge in [0.2, 0.25) is 5.91 Å². The van der Waals surface area contributed by atoms with E-state index in [1.54, 1.807) is 6.92 Å². The molecule has 3 N–H and O–H groups in total. The van der Waals surface area contributed by atoms with Gasteiger partial charge in [0.25, 0.3) is 15.7 Å². The Balaban J connectivity index is 1.75. The van der Waals surface area contributed by atoms with Crippen molar-refractivity contribution in [2.24, 2.45) is 11.3 Å². The smallest absolute Gasteiger partial charge is 0.496 e. The molecule has 2 aromatic rings. The Morgan fingerprint density at radius 1 is 1.09 bits per heavy atom. The van der Waals surface area contributed by atoms with Crippen LogP contribution in [0.4, 0.5) is 23.2 Å². The van der Waals surface area contributed by atoms with Crippen molar-refractivity contribution < 1.29 is 59.7 Å². The van der Waals surface area contributed by atoms with Gasteiger partial charge in [0, 0.05) is 32.0 Å². The fourth-order valence-electron chi connectivity index (χ4n) is 4.94. The summed E-state index contributed by atoms with van der Waals surface area (Å²) in [6.45, 7) is 1.64. The van der Waals surface area contributed by atoms with Gasteiger partial charge in [0.05, 0.1) is 35.0 Å². The van der Waals surface area contributed by atoms with E-state index < -0.39 is 61.3 Å². The minimum absolute atomic E-state index is 0.105. The quantitative estimate of drug-likeness (QED) is 0.186. The maximum absolute atomic E-state index is 14.9. The summed E-state index contributed by atoms with van der Waals surface area (Å²) in [5, 5.41) is 14.4. The molecule has 0 saturated heterocycles. The Morgan fingerprint density at radius 2 is 1.76 bits per heavy atom. The summed E-state index contributed by atoms with van der Waals surface area (Å²) in [4.78, 5) is 36.9. The number of nitrogens with one attached hydrogen (secondary N) is 2. The number of methoxy groups -OCH3 is 2. The van der Waals surface area contributed by atoms with E-state index in [1.807, 2.05) is 0 Å². The molecule has 1 aliphatic carbocycles. The Kier molecular flexibility index (Phi) is 12.0. The van der Waals surface area contributed by atoms with Crippen LogP contribution in [-0.2, 0) is 24.2 Å². The molecule has 11 nitrogen and oxygen atoms in total. The number of carboxylic acids is 1. The van der Waals surface area contributed by atoms with Crippen LogP contribution in [-0.4, -0.2) is 70.3 Å². The molecule has 0 unspecified atom stereocenters. The maximum Gasteiger partial charge on any atom is 0.501 e. The van der Waals surface area contributed by atoms with Crippen LogP contribution in [0.1, 0.15) is 55.8 Å². The normalized spacial score (nSPS) is 19.2. The van der Waals surface area contributed by atoms with E-state index in [0.29, 0.717) is 38.2 Å². The number of ether oxygens (including phenoxy) is 3. The molecule has 1 atom stereocenters. The molecule has 0 bridgehead atoms. The van der Waals surface area contributed by atoms with Gasteiger partial charge in [-0.15, -0.1) is 0 Å². The number of alkyl halides is 3. The topological polar surface area (TPSA) is 157 Å². The van der Waals surface area contributed by atoms with Crippen LogP contribution in [0.25, 0.3) is 0 Å². The first kappa shape index (κ1) is 36.5. The number of carboxylic acid groups (broad SMARTS) is 1. The summed E-state index contributed by atoms with van der Waals surface area (Å²) in [5.74, 6) is -4.46. The van der Waals surface area contributed by atoms with Crippen molar-refractivity contribution in [2.75, 3.05) is 32.7 Å². The van der Waals surface area contributed by atoms with E-state index in [9.17, 15) is 45.5 Å². The molecular weight excluding hydrogens is 640 g/mol. The first-order valence-corrected chi connectivity index (χ1v) is 15.8. The average Bonchev–Trinajstić information content (AvgIpc) is 3.00. The van der Waals surface area contributed by atoms with Crippen molar-refractivity contribution >= 4 is 33.3 Å². The van der Waals surface area contributed by atoms with Crippen molar-refractivity contribution in [3.63, 3.8) is 0 Å². The Hall–Kier alpha value is -3.92. The summed E-state index contributed by atoms with van der Waals surface area (Å²) in [5.41, 5.74) is -6.75. The van der Waals surface area contributed by atoms with Gasteiger partial charge >= 0.3 is 11.5 Å². The molecule has 16 heteroatoms. The van der Waals surface area contributed by atoms with E-state index in [0.717, 1.165) is 24.3 Å². The molecule has 0 spiro atoms. The van der Waals surface area contributed by atoms with Crippen LogP contribution in [0, 0.1) is 17.2 Å². The third-order valence-electron chi connectivity index (χ3n) is 7.84. The van der Waals surface area contributed by atoms with Gasteiger partial charge in [-0.3, -0.25) is 14.4 Å². The minimum atomic E-state index is -5.65. The lowest BCUT2D eigenvalue weighted by atomic mass is 9.75. The molecule has 2 amide bonds. The van der Waals surface area contributed by atoms with E-state index in [-0.39, 0.29) is 42.3 Å². The number of carbonyl (C=O) groups is 3. The van der Waals surface area contributed by atoms with Gasteiger partial charge in [-0.2, -0.15) is 13.2 Å². The Morgan fingerprint density at radius 3 is 2.35 bits per heavy atom. The highest BCUT2D eigenvalue weighted by molar-refractivity contribution is 7.92. The van der Waals surface area contributed by atoms with E-state index in [4.69, 9.17) is 14.2 Å². The van der Waals surface area contributed by atoms with E-state index in [2.05, 4.69) is 10.6 Å². The largest absolute Gasteiger partial charge is 0.501 e. The van der Waals surface area contributed by atoms with Gasteiger partial charge in [-0.25, -0.2) is 12.8 Å². The Labute approximate surface area is 263 Å². The van der Waals surface area contributed by atoms with Crippen LogP contribution in [0.5, 0.6) is 11.5 Å². The first-order valence-electron chi connectivity index (χ1n) is 14.3. The predicted octanol–water partition coefficient (Wildman–Crippen LogP) is 4.95. The zero-order chi connectivity index (χ0) is 34.3. The number of aliphatic carboxylic acids is 1. The molecule has 1 fully saturated rings. The van der Waals surface area contributed by atoms with Gasteiger partial charge in [0.1, 0.15) is 5.75 Å². The fraction of sp³-hybridized carbons (Fsp3) is 0.500. The number of anilines is 1. The van der Waals surface area contributed by atoms with Crippen molar-refractivity contribution in [3.8, 4) is 11.5 Å². The monoisotopic (exact) mass is 676 g/mol. The molecule has 1 aliphatic rings. The first-order chi connectivity index (χ1) is 21.5. The van der Waals surface area contributed by atoms with E-state index in [1.165, 1.54) is 20.3 Å². The molecule has 2 aromatic carbocycles. The number of amides is 2. The van der Waals surface area contributed by atoms with Gasteiger partial charge in [-0.05, 0) is 69.7 Å². The number of sulfone groups is 1. The second-order valence-electron chi connectivity index (χ2n) is 11.2. The number of carbonyl (C=O) groups excluding carboxylic acids is 2. The Bertz CT molecular complexity index is 1520. The summed E-state index contributed by atoms with van der Waals surface area (Å²) in [7, 11) is -2.98. The van der Waals surface area contributed by atoms with Crippen molar-refractivity contribution in [1.82, 2.24) is 5.32 Å². The molecule has 0 aromatic heterocycles. The van der Waals surface area contributed by atoms with Crippen LogP contribution in [0.15, 0.2) is 41.3 Å². The molecule has 0 heterocycles. The molecule has 1 saturated carbocycles. The van der Waals surface area contributed by atoms with Crippen molar-refractivity contribution in [3.05, 3.63) is 47.8 Å². The second-order valence-corrected chi connectivity index (χ2v) is 13.1. The number of hydrogen-bond acceptors (Lipinski definition) is 8. The van der Waals surface area contributed by atoms with Gasteiger partial charge in [0.15, 0.2) is 11.6 Å². The zero-order valence-electron chi connectivity index (χ0n) is 25.4. The third kappa shape index (κ3) is 8.87. The summed E-state index contributed by atoms with van der Waals surface area (Å²) in [6, 6.07) is 5.83. The molecule has 0 radical (unpaired) electrons. The third-order valence-corrected chi connectivity index (χ3v) is 9.33. The number of rotatable bonds is 14. The highest BCUT2D eigenvalue weighted by Crippen LogP contribution is 2.38. The zero-order valence-corrected chi connectivity index (χ0v) is 26.2. The van der Waals surface area contributed by atoms with Crippen LogP contribution < -0.4 is 20.1 Å². The fourth-order valence-corrected chi connectivity index (χ4v) is 5.75. The minimum Gasteiger partial charge on any atom is -0.496 e. The number of halogens is 4. The molecular formula is C30H36F4N2O9S. The number of benzene rings is 2. The van der Waals surface area contributed by atoms with Crippen LogP contribution in [0.3, 0.4) is 0 Å². The predicted molar refractivity (Wildman–Crippen MR) is 157 cm³/mol. The average molecular weight is 677 g/mol. The summed E-state index contributed by atoms with van der Waals surface area (Å²) in [6.07, 6.45) is 1.43. The maximum atomic E-state index is 14.9. The molecule has 46 heavy (non-hydrogen) atoms. The molecule has 0 aliphatic heterocycles. The lowest BCUT2D eigenvalue weighted by Crippen LogP contribution is -2.36. The standard InChI is InChI=1S/C30H36F4N2O9S/c1-29(28(39)40)11-9-20(10-12-29)45-25-15-22(24(44-3)16-23(25)31)27(38)35-17-18(6-5-13-43-2)26(37)36-19-7-4-8-21(14-19)46(41,42)30(32,33)34/h4,7-8,14-16,18,20H,5-6,9-13,17H2,1-3H3,(H,35,38)(H,36,37)(H,39,40)/t18-,20?,29?/m0/s1. The van der Waals surface area contributed by atoms with Crippen LogP contribution in [0.2, 0.25) is 0 Å². The lowest BCUT2D eigenvalue weighted by Gasteiger charge is -2.34. The highest BCUT2D eigenvalue weighted by Gasteiger charge is 2.47. The van der Waals surface area contributed by atoms with Crippen molar-refractivity contribution in [2.45, 2.75) is 62.0 Å². The second kappa shape index (κ2) is 15.1. The SMILES string of the molecule is COCCC[C@@H](CNC(=O)c1cc(OC2CCC(C)(C(=O)O)CC2)c(F)cc1OC)C(=O)Nc1cccc(S(=O)(=O)C(F)(F)F)c1. The van der Waals surface area contributed by atoms with Gasteiger partial charge < -0.3 is 30.0 Å². The van der Waals surface area contributed by atoms with Crippen molar-refractivity contribution in [1.29, 1.82) is 0 Å². The summed E-state index contributed by atoms with van der Waals surface area (Å²) < 4.78 is 93.6. The number of hydrogen-bond donors (Lipinski definition) is 3. The lowest BCUT2D eigenvalue weighted by molar-refractivity contribution is -0.150. The molecule has 3 rings (SSSR count). The van der Waals surface area contributed by atoms with Gasteiger partial charge in [-0.1, -0.05) is 6.07 Å².